The van der Waals surface area contributed by atoms with E-state index in [4.69, 9.17) is 26.2 Å². The molecular weight excluding hydrogens is 463 g/mol. The molecule has 0 fully saturated rings. The number of pyridine rings is 1. The fourth-order valence-electron chi connectivity index (χ4n) is 3.66. The lowest BCUT2D eigenvalue weighted by molar-refractivity contribution is 0.0523. The van der Waals surface area contributed by atoms with E-state index in [1.165, 1.54) is 24.1 Å². The van der Waals surface area contributed by atoms with Crippen molar-refractivity contribution in [3.63, 3.8) is 0 Å². The lowest BCUT2D eigenvalue weighted by atomic mass is 9.95. The van der Waals surface area contributed by atoms with Crippen molar-refractivity contribution < 1.29 is 32.5 Å². The monoisotopic (exact) mass is 481 g/mol. The summed E-state index contributed by atoms with van der Waals surface area (Å²) in [7, 11) is 1.51. The summed E-state index contributed by atoms with van der Waals surface area (Å²) in [6.07, 6.45) is 0. The molecule has 0 saturated heterocycles. The molecule has 0 saturated carbocycles. The summed E-state index contributed by atoms with van der Waals surface area (Å²) in [5.74, 6) is -2.75. The van der Waals surface area contributed by atoms with Gasteiger partial charge in [0.15, 0.2) is 11.6 Å². The van der Waals surface area contributed by atoms with Gasteiger partial charge >= 0.3 is 6.03 Å². The van der Waals surface area contributed by atoms with Crippen molar-refractivity contribution >= 4 is 34.1 Å². The molecule has 2 amide bonds. The number of nitrogens with one attached hydrogen (secondary N) is 1. The van der Waals surface area contributed by atoms with Gasteiger partial charge in [-0.3, -0.25) is 0 Å². The van der Waals surface area contributed by atoms with E-state index in [0.29, 0.717) is 16.6 Å². The van der Waals surface area contributed by atoms with Crippen molar-refractivity contribution in [2.75, 3.05) is 32.2 Å². The third-order valence-electron chi connectivity index (χ3n) is 5.26. The van der Waals surface area contributed by atoms with Crippen LogP contribution in [-0.2, 0) is 11.3 Å². The maximum atomic E-state index is 14.2. The largest absolute Gasteiger partial charge is 0.475 e. The SMILES string of the molecule is CN(C(=O)Nc1ccc(F)c(Cl)c1)[C@H]1COCc2nc(OCCO)c3cc(F)c(F)cc3c21. The molecule has 2 N–H and O–H groups in total. The Labute approximate surface area is 191 Å². The van der Waals surface area contributed by atoms with Gasteiger partial charge in [0.1, 0.15) is 12.4 Å². The van der Waals surface area contributed by atoms with E-state index in [0.717, 1.165) is 18.2 Å². The van der Waals surface area contributed by atoms with E-state index >= 15 is 0 Å². The van der Waals surface area contributed by atoms with Crippen molar-refractivity contribution in [3.8, 4) is 5.88 Å². The molecule has 0 spiro atoms. The third kappa shape index (κ3) is 4.54. The van der Waals surface area contributed by atoms with Crippen molar-refractivity contribution in [1.82, 2.24) is 9.88 Å². The van der Waals surface area contributed by atoms with E-state index < -0.39 is 29.5 Å². The molecule has 174 valence electrons. The Bertz CT molecular complexity index is 1230. The lowest BCUT2D eigenvalue weighted by Gasteiger charge is -2.34. The first-order valence-electron chi connectivity index (χ1n) is 9.92. The van der Waals surface area contributed by atoms with Crippen molar-refractivity contribution in [2.24, 2.45) is 0 Å². The summed E-state index contributed by atoms with van der Waals surface area (Å²) in [5, 5.41) is 12.1. The second-order valence-corrected chi connectivity index (χ2v) is 7.77. The standard InChI is InChI=1S/C22H19ClF3N3O4/c1-29(22(31)27-11-2-3-15(24)14(23)6-11)19-10-32-9-18-20(19)12-7-16(25)17(26)8-13(12)21(28-18)33-5-4-30/h2-3,6-8,19,30H,4-5,9-10H2,1H3,(H,27,31)/t19-/m0/s1. The Balaban J connectivity index is 1.74. The molecule has 3 aromatic rings. The maximum Gasteiger partial charge on any atom is 0.322 e. The smallest absolute Gasteiger partial charge is 0.322 e. The Morgan fingerprint density at radius 1 is 1.24 bits per heavy atom. The quantitative estimate of drug-likeness (QED) is 0.564. The summed E-state index contributed by atoms with van der Waals surface area (Å²) in [4.78, 5) is 18.6. The van der Waals surface area contributed by atoms with Crippen LogP contribution in [0.1, 0.15) is 17.3 Å². The van der Waals surface area contributed by atoms with Crippen LogP contribution in [0.3, 0.4) is 0 Å². The van der Waals surface area contributed by atoms with E-state index in [9.17, 15) is 18.0 Å². The number of aromatic nitrogens is 1. The number of rotatable bonds is 5. The number of carbonyl (C=O) groups is 1. The van der Waals surface area contributed by atoms with E-state index in [-0.39, 0.29) is 48.4 Å². The second kappa shape index (κ2) is 9.42. The molecular formula is C22H19ClF3N3O4. The van der Waals surface area contributed by atoms with Gasteiger partial charge in [0, 0.05) is 23.7 Å². The third-order valence-corrected chi connectivity index (χ3v) is 5.55. The van der Waals surface area contributed by atoms with Gasteiger partial charge in [-0.25, -0.2) is 22.9 Å². The minimum atomic E-state index is -1.08. The van der Waals surface area contributed by atoms with Crippen molar-refractivity contribution in [2.45, 2.75) is 12.6 Å². The minimum Gasteiger partial charge on any atom is -0.475 e. The number of nitrogens with zero attached hydrogens (tertiary/aromatic N) is 2. The highest BCUT2D eigenvalue weighted by atomic mass is 35.5. The van der Waals surface area contributed by atoms with Crippen LogP contribution in [0.2, 0.25) is 5.02 Å². The number of halogens is 4. The van der Waals surface area contributed by atoms with Gasteiger partial charge in [-0.15, -0.1) is 0 Å². The van der Waals surface area contributed by atoms with Gasteiger partial charge in [-0.2, -0.15) is 0 Å². The maximum absolute atomic E-state index is 14.2. The molecule has 0 bridgehead atoms. The second-order valence-electron chi connectivity index (χ2n) is 7.36. The number of aliphatic hydroxyl groups excluding tert-OH is 1. The van der Waals surface area contributed by atoms with Gasteiger partial charge in [-0.1, -0.05) is 11.6 Å². The Morgan fingerprint density at radius 3 is 2.67 bits per heavy atom. The molecule has 7 nitrogen and oxygen atoms in total. The fraction of sp³-hybridized carbons (Fsp3) is 0.273. The number of likely N-dealkylation sites (N-methyl/N-ethyl adjacent to an activating group) is 1. The summed E-state index contributed by atoms with van der Waals surface area (Å²) in [6.45, 7) is -0.237. The Hall–Kier alpha value is -3.08. The van der Waals surface area contributed by atoms with Crippen LogP contribution < -0.4 is 10.1 Å². The molecule has 0 unspecified atom stereocenters. The number of fused-ring (bicyclic) bond motifs is 3. The zero-order valence-electron chi connectivity index (χ0n) is 17.4. The van der Waals surface area contributed by atoms with Crippen LogP contribution in [0.15, 0.2) is 30.3 Å². The van der Waals surface area contributed by atoms with Gasteiger partial charge < -0.3 is 24.8 Å². The van der Waals surface area contributed by atoms with Gasteiger partial charge in [0.25, 0.3) is 0 Å². The van der Waals surface area contributed by atoms with E-state index in [1.807, 2.05) is 0 Å². The number of hydrogen-bond donors (Lipinski definition) is 2. The van der Waals surface area contributed by atoms with Gasteiger partial charge in [-0.05, 0) is 35.7 Å². The summed E-state index contributed by atoms with van der Waals surface area (Å²) in [5.41, 5.74) is 1.16. The highest BCUT2D eigenvalue weighted by Gasteiger charge is 2.32. The Kier molecular flexibility index (Phi) is 6.59. The molecule has 4 rings (SSSR count). The molecule has 0 radical (unpaired) electrons. The van der Waals surface area contributed by atoms with Crippen LogP contribution in [-0.4, -0.2) is 47.9 Å². The molecule has 2 aromatic carbocycles. The molecule has 33 heavy (non-hydrogen) atoms. The van der Waals surface area contributed by atoms with Crippen LogP contribution in [0, 0.1) is 17.5 Å². The van der Waals surface area contributed by atoms with Crippen LogP contribution in [0.5, 0.6) is 5.88 Å². The molecule has 1 aliphatic heterocycles. The topological polar surface area (TPSA) is 83.9 Å². The first kappa shape index (κ1) is 23.1. The zero-order valence-corrected chi connectivity index (χ0v) is 18.1. The first-order chi connectivity index (χ1) is 15.8. The normalized spacial score (nSPS) is 15.3. The van der Waals surface area contributed by atoms with Crippen LogP contribution in [0.25, 0.3) is 10.8 Å². The lowest BCUT2D eigenvalue weighted by Crippen LogP contribution is -2.39. The van der Waals surface area contributed by atoms with E-state index in [2.05, 4.69) is 10.3 Å². The number of urea groups is 1. The number of ether oxygens (including phenoxy) is 2. The summed E-state index contributed by atoms with van der Waals surface area (Å²) in [6, 6.07) is 4.50. The average molecular weight is 482 g/mol. The van der Waals surface area contributed by atoms with Crippen molar-refractivity contribution in [3.05, 3.63) is 64.1 Å². The summed E-state index contributed by atoms with van der Waals surface area (Å²) >= 11 is 5.77. The molecule has 0 aliphatic carbocycles. The predicted molar refractivity (Wildman–Crippen MR) is 115 cm³/mol. The molecule has 1 atom stereocenters. The predicted octanol–water partition coefficient (Wildman–Crippen LogP) is 4.41. The first-order valence-corrected chi connectivity index (χ1v) is 10.3. The van der Waals surface area contributed by atoms with E-state index in [1.54, 1.807) is 0 Å². The number of amides is 2. The molecule has 1 aromatic heterocycles. The molecule has 2 heterocycles. The fourth-order valence-corrected chi connectivity index (χ4v) is 3.84. The average Bonchev–Trinajstić information content (AvgIpc) is 2.80. The highest BCUT2D eigenvalue weighted by Crippen LogP contribution is 2.38. The molecule has 1 aliphatic rings. The number of benzene rings is 2. The van der Waals surface area contributed by atoms with Gasteiger partial charge in [0.05, 0.1) is 36.6 Å². The Morgan fingerprint density at radius 2 is 1.97 bits per heavy atom. The number of hydrogen-bond acceptors (Lipinski definition) is 5. The zero-order chi connectivity index (χ0) is 23.7. The van der Waals surface area contributed by atoms with Crippen LogP contribution in [0.4, 0.5) is 23.7 Å². The number of aliphatic hydroxyl groups is 1. The summed E-state index contributed by atoms with van der Waals surface area (Å²) < 4.78 is 52.7. The highest BCUT2D eigenvalue weighted by molar-refractivity contribution is 6.31. The molecule has 11 heteroatoms. The minimum absolute atomic E-state index is 0.0222. The van der Waals surface area contributed by atoms with Crippen molar-refractivity contribution in [1.29, 1.82) is 0 Å². The van der Waals surface area contributed by atoms with Crippen LogP contribution >= 0.6 is 11.6 Å². The number of anilines is 1. The van der Waals surface area contributed by atoms with Gasteiger partial charge in [0.2, 0.25) is 5.88 Å². The number of carbonyl (C=O) groups excluding carboxylic acids is 1.